The standard InChI is InChI=1S/C17H26O9S.2C12H20O5S.C9H16O5S/c1-4-17(2,3)16(20)24-8-7-23-14(18)10-15(19)25-12-6-5-11-9-13(12)26-27(11,21)22;1-4-12(2,3)11(13)16-9-6-5-8-7-10(9)17-18(8,14)15;1-4-12(2,3)11(13)16-10-8-6-5-7-9(8)17-18(10,14)15;1-4-9(2,3)8(10)14-7-5-13-15(11,12)6-7/h11-13H,4-10H2,1-3H3;2*8-10H,4-7H2,1-3H3;7H,4-6H2,1-3H3. The van der Waals surface area contributed by atoms with E-state index in [0.29, 0.717) is 64.2 Å². The molecule has 28 heteroatoms. The van der Waals surface area contributed by atoms with Crippen molar-refractivity contribution in [3.63, 3.8) is 0 Å². The molecule has 78 heavy (non-hydrogen) atoms. The predicted octanol–water partition coefficient (Wildman–Crippen LogP) is 5.22. The van der Waals surface area contributed by atoms with Crippen LogP contribution in [0.5, 0.6) is 0 Å². The maximum absolute atomic E-state index is 12.0. The molecule has 0 amide bonds. The Kier molecular flexibility index (Phi) is 22.8. The summed E-state index contributed by atoms with van der Waals surface area (Å²) in [6, 6.07) is 0. The molecule has 7 fully saturated rings. The third kappa shape index (κ3) is 18.0. The monoisotopic (exact) mass is 1190 g/mol. The SMILES string of the molecule is CCC(C)(C)C(=O)OC1C2CCCC2OS1(=O)=O.CCC(C)(C)C(=O)OC1CCC2CC1OS2(=O)=O.CCC(C)(C)C(=O)OC1COS(=O)(=O)C1.CCC(C)(C)C(=O)OCCOC(=O)CC(=O)OC1CCC2CC1OS2(=O)=O. The smallest absolute Gasteiger partial charge is 0.317 e. The van der Waals surface area contributed by atoms with Crippen molar-refractivity contribution in [1.29, 1.82) is 0 Å². The van der Waals surface area contributed by atoms with Crippen LogP contribution < -0.4 is 0 Å². The lowest BCUT2D eigenvalue weighted by molar-refractivity contribution is -0.166. The number of carbonyl (C=O) groups excluding carboxylic acids is 6. The second-order valence-corrected chi connectivity index (χ2v) is 30.1. The van der Waals surface area contributed by atoms with Crippen LogP contribution in [-0.4, -0.2) is 148 Å². The van der Waals surface area contributed by atoms with Crippen LogP contribution in [0.3, 0.4) is 0 Å². The van der Waals surface area contributed by atoms with Gasteiger partial charge in [0.25, 0.3) is 30.4 Å². The van der Waals surface area contributed by atoms with Gasteiger partial charge in [-0.3, -0.25) is 45.5 Å². The van der Waals surface area contributed by atoms with E-state index < -0.39 is 133 Å². The number of hydrogen-bond donors (Lipinski definition) is 0. The van der Waals surface area contributed by atoms with Crippen LogP contribution in [0.15, 0.2) is 0 Å². The Hall–Kier alpha value is -3.54. The van der Waals surface area contributed by atoms with Gasteiger partial charge < -0.3 is 28.4 Å². The van der Waals surface area contributed by atoms with Crippen LogP contribution in [0.4, 0.5) is 0 Å². The van der Waals surface area contributed by atoms with Gasteiger partial charge in [-0.2, -0.15) is 33.7 Å². The summed E-state index contributed by atoms with van der Waals surface area (Å²) >= 11 is 0. The van der Waals surface area contributed by atoms with Gasteiger partial charge in [-0.05, 0) is 132 Å². The molecule has 4 saturated heterocycles. The second kappa shape index (κ2) is 26.6. The maximum atomic E-state index is 12.0. The summed E-state index contributed by atoms with van der Waals surface area (Å²) < 4.78 is 142. The second-order valence-electron chi connectivity index (χ2n) is 23.1. The Morgan fingerprint density at radius 2 is 0.910 bits per heavy atom. The topological polar surface area (TPSA) is 331 Å². The van der Waals surface area contributed by atoms with Crippen molar-refractivity contribution in [2.24, 2.45) is 27.6 Å². The molecule has 0 aromatic carbocycles. The summed E-state index contributed by atoms with van der Waals surface area (Å²) in [5, 5.41) is -0.945. The van der Waals surface area contributed by atoms with E-state index in [0.717, 1.165) is 19.3 Å². The zero-order valence-electron chi connectivity index (χ0n) is 46.9. The van der Waals surface area contributed by atoms with E-state index in [1.807, 2.05) is 41.5 Å². The van der Waals surface area contributed by atoms with Gasteiger partial charge in [0.15, 0.2) is 0 Å². The highest BCUT2D eigenvalue weighted by molar-refractivity contribution is 7.88. The highest BCUT2D eigenvalue weighted by Gasteiger charge is 2.54. The molecule has 10 atom stereocenters. The van der Waals surface area contributed by atoms with Crippen molar-refractivity contribution in [2.75, 3.05) is 25.6 Å². The molecule has 0 spiro atoms. The van der Waals surface area contributed by atoms with Crippen molar-refractivity contribution in [3.05, 3.63) is 0 Å². The van der Waals surface area contributed by atoms with Crippen LogP contribution in [0, 0.1) is 27.6 Å². The molecule has 0 radical (unpaired) electrons. The molecular weight excluding hydrogens is 1110 g/mol. The van der Waals surface area contributed by atoms with Gasteiger partial charge in [-0.25, -0.2) is 0 Å². The van der Waals surface area contributed by atoms with Crippen LogP contribution in [0.25, 0.3) is 0 Å². The zero-order valence-corrected chi connectivity index (χ0v) is 50.2. The molecule has 3 saturated carbocycles. The lowest BCUT2D eigenvalue weighted by Gasteiger charge is -2.29. The molecule has 4 bridgehead atoms. The van der Waals surface area contributed by atoms with Gasteiger partial charge in [0, 0.05) is 5.92 Å². The Morgan fingerprint density at radius 1 is 0.474 bits per heavy atom. The number of fused-ring (bicyclic) bond motifs is 5. The average molecular weight is 1200 g/mol. The molecule has 0 N–H and O–H groups in total. The first-order valence-electron chi connectivity index (χ1n) is 26.6. The maximum Gasteiger partial charge on any atom is 0.317 e. The molecule has 24 nitrogen and oxygen atoms in total. The summed E-state index contributed by atoms with van der Waals surface area (Å²) in [4.78, 5) is 70.8. The van der Waals surface area contributed by atoms with Crippen LogP contribution in [0.2, 0.25) is 0 Å². The van der Waals surface area contributed by atoms with Crippen LogP contribution >= 0.6 is 0 Å². The number of rotatable bonds is 17. The van der Waals surface area contributed by atoms with Crippen molar-refractivity contribution >= 4 is 76.3 Å². The largest absolute Gasteiger partial charge is 0.462 e. The molecule has 7 aliphatic rings. The van der Waals surface area contributed by atoms with Crippen LogP contribution in [0.1, 0.15) is 173 Å². The van der Waals surface area contributed by atoms with E-state index in [1.54, 1.807) is 41.5 Å². The highest BCUT2D eigenvalue weighted by Crippen LogP contribution is 2.43. The van der Waals surface area contributed by atoms with Gasteiger partial charge in [0.2, 0.25) is 5.44 Å². The molecule has 7 rings (SSSR count). The molecule has 4 aliphatic heterocycles. The predicted molar refractivity (Wildman–Crippen MR) is 276 cm³/mol. The minimum absolute atomic E-state index is 0.0616. The van der Waals surface area contributed by atoms with Gasteiger partial charge >= 0.3 is 45.9 Å². The number of esters is 6. The lowest BCUT2D eigenvalue weighted by Crippen LogP contribution is -2.38. The highest BCUT2D eigenvalue weighted by atomic mass is 32.2. The zero-order chi connectivity index (χ0) is 59.0. The summed E-state index contributed by atoms with van der Waals surface area (Å²) in [7, 11) is -14.2. The molecule has 450 valence electrons. The van der Waals surface area contributed by atoms with Crippen LogP contribution in [-0.2, 0) is 114 Å². The summed E-state index contributed by atoms with van der Waals surface area (Å²) in [6.45, 7) is 21.4. The quantitative estimate of drug-likeness (QED) is 0.0592. The lowest BCUT2D eigenvalue weighted by atomic mass is 9.89. The fourth-order valence-corrected chi connectivity index (χ4v) is 14.3. The first kappa shape index (κ1) is 67.0. The Balaban J connectivity index is 0.000000230. The van der Waals surface area contributed by atoms with E-state index in [4.69, 9.17) is 41.0 Å². The van der Waals surface area contributed by atoms with Crippen molar-refractivity contribution in [3.8, 4) is 0 Å². The van der Waals surface area contributed by atoms with Crippen molar-refractivity contribution in [2.45, 2.75) is 226 Å². The van der Waals surface area contributed by atoms with Gasteiger partial charge in [0.05, 0.1) is 38.3 Å². The first-order valence-corrected chi connectivity index (χ1v) is 32.6. The Bertz CT molecular complexity index is 2610. The summed E-state index contributed by atoms with van der Waals surface area (Å²) in [5.74, 6) is -3.54. The fraction of sp³-hybridized carbons (Fsp3) is 0.880. The molecular formula is C50H82O24S4. The minimum Gasteiger partial charge on any atom is -0.462 e. The van der Waals surface area contributed by atoms with Gasteiger partial charge in [-0.15, -0.1) is 0 Å². The van der Waals surface area contributed by atoms with E-state index >= 15 is 0 Å². The minimum atomic E-state index is -3.75. The number of carbonyl (C=O) groups is 6. The van der Waals surface area contributed by atoms with Crippen molar-refractivity contribution in [1.82, 2.24) is 0 Å². The number of hydrogen-bond acceptors (Lipinski definition) is 24. The third-order valence-electron chi connectivity index (χ3n) is 15.6. The fourth-order valence-electron chi connectivity index (χ4n) is 8.49. The Morgan fingerprint density at radius 3 is 1.38 bits per heavy atom. The normalized spacial score (nSPS) is 29.7. The molecule has 0 aromatic heterocycles. The summed E-state index contributed by atoms with van der Waals surface area (Å²) in [5.41, 5.74) is -3.49. The summed E-state index contributed by atoms with van der Waals surface area (Å²) in [6.07, 6.45) is 3.70. The molecule has 3 aliphatic carbocycles. The van der Waals surface area contributed by atoms with E-state index in [-0.39, 0.29) is 55.5 Å². The van der Waals surface area contributed by atoms with E-state index in [2.05, 4.69) is 4.18 Å². The average Bonchev–Trinajstić information content (AvgIpc) is 4.12. The molecule has 0 aromatic rings. The molecule has 4 heterocycles. The van der Waals surface area contributed by atoms with Gasteiger partial charge in [0.1, 0.15) is 62.5 Å². The first-order chi connectivity index (χ1) is 35.9. The van der Waals surface area contributed by atoms with Gasteiger partial charge in [-0.1, -0.05) is 34.1 Å². The van der Waals surface area contributed by atoms with E-state index in [1.165, 1.54) is 0 Å². The Labute approximate surface area is 460 Å². The van der Waals surface area contributed by atoms with Crippen molar-refractivity contribution < 1.29 is 108 Å². The molecule has 10 unspecified atom stereocenters. The van der Waals surface area contributed by atoms with E-state index in [9.17, 15) is 62.4 Å². The third-order valence-corrected chi connectivity index (χ3v) is 21.9. The number of ether oxygens (including phenoxy) is 6.